The van der Waals surface area contributed by atoms with Crippen molar-refractivity contribution in [2.24, 2.45) is 0 Å². The van der Waals surface area contributed by atoms with Crippen LogP contribution in [0.4, 0.5) is 18.9 Å². The molecular weight excluding hydrogens is 431 g/mol. The number of fused-ring (bicyclic) bond motifs is 2. The normalized spacial score (nSPS) is 11.8. The molecule has 0 aliphatic rings. The van der Waals surface area contributed by atoms with Gasteiger partial charge in [0.2, 0.25) is 5.65 Å². The lowest BCUT2D eigenvalue weighted by atomic mass is 10.1. The number of aromatic nitrogens is 6. The summed E-state index contributed by atoms with van der Waals surface area (Å²) in [7, 11) is 0. The molecule has 32 heavy (non-hydrogen) atoms. The van der Waals surface area contributed by atoms with Crippen molar-refractivity contribution in [3.63, 3.8) is 0 Å². The minimum Gasteiger partial charge on any atom is -0.329 e. The van der Waals surface area contributed by atoms with Crippen LogP contribution in [0.5, 0.6) is 0 Å². The summed E-state index contributed by atoms with van der Waals surface area (Å²) in [5.74, 6) is -1.06. The summed E-state index contributed by atoms with van der Waals surface area (Å²) in [6.07, 6.45) is -1.59. The SMILES string of the molecule is O=C(Nc1cnc2nonc2c1)c1cnn(-c2cccc3c(=O)[nH]ccc23)c1C(F)(F)F. The van der Waals surface area contributed by atoms with Crippen LogP contribution in [0.3, 0.4) is 0 Å². The van der Waals surface area contributed by atoms with Gasteiger partial charge in [-0.15, -0.1) is 0 Å². The van der Waals surface area contributed by atoms with Crippen molar-refractivity contribution in [1.82, 2.24) is 30.1 Å². The number of hydrogen-bond donors (Lipinski definition) is 2. The summed E-state index contributed by atoms with van der Waals surface area (Å²) in [6.45, 7) is 0. The van der Waals surface area contributed by atoms with Gasteiger partial charge < -0.3 is 10.3 Å². The van der Waals surface area contributed by atoms with Crippen LogP contribution in [0, 0.1) is 0 Å². The van der Waals surface area contributed by atoms with Gasteiger partial charge in [0.15, 0.2) is 11.2 Å². The Morgan fingerprint density at radius 1 is 1.12 bits per heavy atom. The maximum atomic E-state index is 14.0. The molecular formula is C19H10F3N7O3. The molecule has 1 aromatic carbocycles. The molecule has 0 saturated carbocycles. The van der Waals surface area contributed by atoms with Crippen LogP contribution in [0.1, 0.15) is 16.1 Å². The van der Waals surface area contributed by atoms with Crippen LogP contribution < -0.4 is 10.9 Å². The minimum absolute atomic E-state index is 0.00303. The van der Waals surface area contributed by atoms with Crippen molar-refractivity contribution in [2.75, 3.05) is 5.32 Å². The number of H-pyrrole nitrogens is 1. The monoisotopic (exact) mass is 441 g/mol. The fraction of sp³-hybridized carbons (Fsp3) is 0.0526. The Morgan fingerprint density at radius 2 is 1.97 bits per heavy atom. The molecule has 5 aromatic rings. The van der Waals surface area contributed by atoms with Crippen LogP contribution in [0.25, 0.3) is 27.6 Å². The topological polar surface area (TPSA) is 132 Å². The number of carbonyl (C=O) groups excluding carboxylic acids is 1. The van der Waals surface area contributed by atoms with Crippen molar-refractivity contribution >= 4 is 33.5 Å². The van der Waals surface area contributed by atoms with Crippen LogP contribution in [-0.2, 0) is 6.18 Å². The molecule has 0 spiro atoms. The van der Waals surface area contributed by atoms with Gasteiger partial charge in [0.1, 0.15) is 0 Å². The zero-order chi connectivity index (χ0) is 22.5. The van der Waals surface area contributed by atoms with E-state index in [4.69, 9.17) is 0 Å². The second-order valence-electron chi connectivity index (χ2n) is 6.65. The molecule has 160 valence electrons. The zero-order valence-electron chi connectivity index (χ0n) is 15.7. The molecule has 5 rings (SSSR count). The van der Waals surface area contributed by atoms with E-state index in [1.807, 2.05) is 0 Å². The Bertz CT molecular complexity index is 1550. The quantitative estimate of drug-likeness (QED) is 0.440. The van der Waals surface area contributed by atoms with Crippen molar-refractivity contribution in [3.05, 3.63) is 70.5 Å². The predicted molar refractivity (Wildman–Crippen MR) is 104 cm³/mol. The van der Waals surface area contributed by atoms with E-state index in [1.165, 1.54) is 42.7 Å². The highest BCUT2D eigenvalue weighted by Crippen LogP contribution is 2.35. The maximum absolute atomic E-state index is 14.0. The first kappa shape index (κ1) is 19.4. The Morgan fingerprint density at radius 3 is 2.78 bits per heavy atom. The van der Waals surface area contributed by atoms with Crippen LogP contribution in [0.2, 0.25) is 0 Å². The number of nitrogens with one attached hydrogen (secondary N) is 2. The van der Waals surface area contributed by atoms with Gasteiger partial charge in [0.25, 0.3) is 11.5 Å². The summed E-state index contributed by atoms with van der Waals surface area (Å²) in [5, 5.41) is 13.7. The average Bonchev–Trinajstić information content (AvgIpc) is 3.40. The number of amides is 1. The predicted octanol–water partition coefficient (Wildman–Crippen LogP) is 2.92. The first-order valence-electron chi connectivity index (χ1n) is 8.98. The largest absolute Gasteiger partial charge is 0.434 e. The second-order valence-corrected chi connectivity index (χ2v) is 6.65. The fourth-order valence-electron chi connectivity index (χ4n) is 3.31. The Balaban J connectivity index is 1.61. The van der Waals surface area contributed by atoms with E-state index in [2.05, 4.69) is 35.3 Å². The van der Waals surface area contributed by atoms with E-state index in [0.29, 0.717) is 4.68 Å². The number of alkyl halides is 3. The molecule has 4 heterocycles. The molecule has 10 nitrogen and oxygen atoms in total. The van der Waals surface area contributed by atoms with Crippen molar-refractivity contribution in [1.29, 1.82) is 0 Å². The third-order valence-electron chi connectivity index (χ3n) is 4.67. The summed E-state index contributed by atoms with van der Waals surface area (Å²) in [4.78, 5) is 31.1. The fourth-order valence-corrected chi connectivity index (χ4v) is 3.31. The molecule has 0 unspecified atom stereocenters. The van der Waals surface area contributed by atoms with Crippen molar-refractivity contribution in [2.45, 2.75) is 6.18 Å². The first-order valence-corrected chi connectivity index (χ1v) is 8.98. The summed E-state index contributed by atoms with van der Waals surface area (Å²) >= 11 is 0. The number of pyridine rings is 2. The number of rotatable bonds is 3. The van der Waals surface area contributed by atoms with Gasteiger partial charge in [-0.1, -0.05) is 6.07 Å². The lowest BCUT2D eigenvalue weighted by molar-refractivity contribution is -0.143. The summed E-state index contributed by atoms with van der Waals surface area (Å²) < 4.78 is 47.2. The number of aromatic amines is 1. The molecule has 13 heteroatoms. The van der Waals surface area contributed by atoms with Gasteiger partial charge in [-0.25, -0.2) is 14.3 Å². The van der Waals surface area contributed by atoms with Crippen LogP contribution >= 0.6 is 0 Å². The summed E-state index contributed by atoms with van der Waals surface area (Å²) in [5.41, 5.74) is -1.98. The third kappa shape index (κ3) is 3.15. The van der Waals surface area contributed by atoms with Crippen LogP contribution in [0.15, 0.2) is 58.3 Å². The number of benzene rings is 1. The number of nitrogens with zero attached hydrogens (tertiary/aromatic N) is 5. The maximum Gasteiger partial charge on any atom is 0.434 e. The molecule has 0 fully saturated rings. The van der Waals surface area contributed by atoms with Gasteiger partial charge in [-0.05, 0) is 34.6 Å². The number of anilines is 1. The molecule has 0 radical (unpaired) electrons. The second kappa shape index (κ2) is 7.01. The number of halogens is 3. The molecule has 1 amide bonds. The van der Waals surface area contributed by atoms with Crippen LogP contribution in [-0.4, -0.2) is 36.0 Å². The van der Waals surface area contributed by atoms with E-state index >= 15 is 0 Å². The zero-order valence-corrected chi connectivity index (χ0v) is 15.7. The number of hydrogen-bond acceptors (Lipinski definition) is 7. The van der Waals surface area contributed by atoms with Gasteiger partial charge in [0, 0.05) is 17.0 Å². The highest BCUT2D eigenvalue weighted by atomic mass is 19.4. The third-order valence-corrected chi connectivity index (χ3v) is 4.67. The molecule has 0 atom stereocenters. The van der Waals surface area contributed by atoms with E-state index in [0.717, 1.165) is 6.20 Å². The molecule has 0 aliphatic heterocycles. The molecule has 0 bridgehead atoms. The molecule has 0 aliphatic carbocycles. The average molecular weight is 441 g/mol. The van der Waals surface area contributed by atoms with Gasteiger partial charge in [0.05, 0.1) is 29.3 Å². The van der Waals surface area contributed by atoms with Crippen molar-refractivity contribution in [3.8, 4) is 5.69 Å². The highest BCUT2D eigenvalue weighted by Gasteiger charge is 2.41. The standard InChI is InChI=1S/C19H10F3N7O3/c20-19(21,22)15-12(18(31)26-9-6-13-16(24-7-9)28-32-27-13)8-25-29(15)14-3-1-2-11-10(14)4-5-23-17(11)30/h1-8H,(H,23,30)(H,26,31). The molecule has 2 N–H and O–H groups in total. The Labute approximate surface area is 174 Å². The van der Waals surface area contributed by atoms with Crippen molar-refractivity contribution < 1.29 is 22.6 Å². The smallest absolute Gasteiger partial charge is 0.329 e. The first-order chi connectivity index (χ1) is 15.3. The van der Waals surface area contributed by atoms with Gasteiger partial charge in [-0.3, -0.25) is 9.59 Å². The summed E-state index contributed by atoms with van der Waals surface area (Å²) in [6, 6.07) is 7.10. The minimum atomic E-state index is -4.93. The van der Waals surface area contributed by atoms with E-state index < -0.39 is 28.9 Å². The lowest BCUT2D eigenvalue weighted by Gasteiger charge is -2.14. The van der Waals surface area contributed by atoms with E-state index in [9.17, 15) is 22.8 Å². The van der Waals surface area contributed by atoms with E-state index in [-0.39, 0.29) is 33.3 Å². The van der Waals surface area contributed by atoms with Gasteiger partial charge in [-0.2, -0.15) is 18.3 Å². The highest BCUT2D eigenvalue weighted by molar-refractivity contribution is 6.05. The Kier molecular flexibility index (Phi) is 4.25. The Hall–Kier alpha value is -4.55. The molecule has 0 saturated heterocycles. The number of carbonyl (C=O) groups is 1. The lowest BCUT2D eigenvalue weighted by Crippen LogP contribution is -2.21. The molecule has 4 aromatic heterocycles. The van der Waals surface area contributed by atoms with E-state index in [1.54, 1.807) is 0 Å². The van der Waals surface area contributed by atoms with Gasteiger partial charge >= 0.3 is 6.18 Å².